The molecule has 0 saturated heterocycles. The molecular weight excluding hydrogens is 755 g/mol. The molecule has 8 rings (SSSR count). The van der Waals surface area contributed by atoms with E-state index in [9.17, 15) is 0 Å². The zero-order valence-electron chi connectivity index (χ0n) is 29.0. The third-order valence-corrected chi connectivity index (χ3v) is 12.6. The van der Waals surface area contributed by atoms with Gasteiger partial charge in [-0.3, -0.25) is 0 Å². The van der Waals surface area contributed by atoms with Crippen molar-refractivity contribution in [1.82, 2.24) is 0 Å². The van der Waals surface area contributed by atoms with Crippen LogP contribution in [0.3, 0.4) is 0 Å². The van der Waals surface area contributed by atoms with Crippen molar-refractivity contribution in [3.63, 3.8) is 0 Å². The summed E-state index contributed by atoms with van der Waals surface area (Å²) < 4.78 is 0. The third kappa shape index (κ3) is 10.6. The second-order valence-electron chi connectivity index (χ2n) is 12.6. The van der Waals surface area contributed by atoms with Gasteiger partial charge in [-0.1, -0.05) is 98.8 Å². The fourth-order valence-corrected chi connectivity index (χ4v) is 10.4. The number of halogens is 2. The molecule has 0 N–H and O–H groups in total. The predicted octanol–water partition coefficient (Wildman–Crippen LogP) is 5.54. The van der Waals surface area contributed by atoms with Crippen LogP contribution in [0, 0.1) is 13.8 Å². The molecule has 254 valence electrons. The molecule has 0 aliphatic heterocycles. The Kier molecular flexibility index (Phi) is 15.9. The summed E-state index contributed by atoms with van der Waals surface area (Å²) in [6.45, 7) is 4.32. The van der Waals surface area contributed by atoms with Gasteiger partial charge in [0.2, 0.25) is 0 Å². The van der Waals surface area contributed by atoms with Gasteiger partial charge in [-0.25, -0.2) is 0 Å². The summed E-state index contributed by atoms with van der Waals surface area (Å²) in [5.74, 6) is 0.768. The van der Waals surface area contributed by atoms with E-state index in [1.807, 2.05) is 0 Å². The normalized spacial score (nSPS) is 14.9. The topological polar surface area (TPSA) is 0 Å². The van der Waals surface area contributed by atoms with Crippen LogP contribution in [0.2, 0.25) is 0 Å². The van der Waals surface area contributed by atoms with E-state index < -0.39 is 0 Å². The molecule has 0 aromatic heterocycles. The van der Waals surface area contributed by atoms with Gasteiger partial charge >= 0.3 is 107 Å². The Labute approximate surface area is 332 Å². The number of benzene rings is 4. The van der Waals surface area contributed by atoms with E-state index in [0.29, 0.717) is 23.5 Å². The summed E-state index contributed by atoms with van der Waals surface area (Å²) in [5, 5.41) is 0. The summed E-state index contributed by atoms with van der Waals surface area (Å²) in [6, 6.07) is 52.2. The number of allylic oxidation sites excluding steroid dienone is 6. The second-order valence-corrected chi connectivity index (χ2v) is 16.1. The Balaban J connectivity index is 0.000000169. The van der Waals surface area contributed by atoms with E-state index in [1.54, 1.807) is 23.3 Å². The molecular formula is C47H42Cl2SiZr-2. The summed E-state index contributed by atoms with van der Waals surface area (Å²) in [7, 11) is 0. The fraction of sp³-hybridized carbons (Fsp3) is 0.106. The summed E-state index contributed by atoms with van der Waals surface area (Å²) >= 11 is 1.68. The molecule has 0 heterocycles. The van der Waals surface area contributed by atoms with Gasteiger partial charge in [0.1, 0.15) is 0 Å². The van der Waals surface area contributed by atoms with Crippen molar-refractivity contribution in [3.8, 4) is 0 Å². The van der Waals surface area contributed by atoms with Gasteiger partial charge in [-0.05, 0) is 23.0 Å². The number of hydrogen-bond donors (Lipinski definition) is 0. The van der Waals surface area contributed by atoms with Crippen LogP contribution in [-0.2, 0) is 23.3 Å². The molecule has 2 aliphatic rings. The standard InChI is InChI=1S/2C17H15.C13H12Si.2ClH.Zr/c2*1-13-11-15-9-5-6-10-16(17(15)12-13)14-7-3-2-4-8-14;14-13(11-7-3-1-4-8-11)12-9-5-2-6-10-12;;;/h2*2-12,16H,1H3;1-10,13-14H;2*1H;/q2*-1;;;;+2/p-2. The van der Waals surface area contributed by atoms with Gasteiger partial charge in [0.15, 0.2) is 0 Å². The molecule has 0 bridgehead atoms. The van der Waals surface area contributed by atoms with Gasteiger partial charge in [0, 0.05) is 0 Å². The van der Waals surface area contributed by atoms with E-state index in [2.05, 4.69) is 208 Å². The maximum absolute atomic E-state index is 2.30. The van der Waals surface area contributed by atoms with Crippen molar-refractivity contribution < 1.29 is 48.1 Å². The van der Waals surface area contributed by atoms with Crippen LogP contribution in [0.25, 0.3) is 12.2 Å². The van der Waals surface area contributed by atoms with Gasteiger partial charge < -0.3 is 24.8 Å². The minimum absolute atomic E-state index is 0. The molecule has 2 atom stereocenters. The third-order valence-electron chi connectivity index (χ3n) is 9.05. The molecule has 6 aromatic carbocycles. The molecule has 0 nitrogen and oxygen atoms in total. The monoisotopic (exact) mass is 794 g/mol. The molecule has 0 saturated carbocycles. The van der Waals surface area contributed by atoms with Crippen LogP contribution in [0.4, 0.5) is 0 Å². The van der Waals surface area contributed by atoms with Crippen LogP contribution in [0.1, 0.15) is 73.0 Å². The zero-order chi connectivity index (χ0) is 33.8. The van der Waals surface area contributed by atoms with E-state index >= 15 is 0 Å². The van der Waals surface area contributed by atoms with Crippen molar-refractivity contribution in [1.29, 1.82) is 0 Å². The predicted molar refractivity (Wildman–Crippen MR) is 208 cm³/mol. The van der Waals surface area contributed by atoms with E-state index in [0.717, 1.165) is 0 Å². The average molecular weight is 797 g/mol. The molecule has 0 fully saturated rings. The number of fused-ring (bicyclic) bond motifs is 2. The van der Waals surface area contributed by atoms with Crippen LogP contribution in [0.5, 0.6) is 0 Å². The molecule has 0 spiro atoms. The van der Waals surface area contributed by atoms with Crippen molar-refractivity contribution >= 4 is 18.3 Å². The van der Waals surface area contributed by atoms with Crippen molar-refractivity contribution in [2.45, 2.75) is 31.2 Å². The van der Waals surface area contributed by atoms with Crippen LogP contribution in [0.15, 0.2) is 182 Å². The minimum atomic E-state index is 0. The molecule has 2 aliphatic carbocycles. The molecule has 6 aromatic rings. The SMILES string of the molecule is Cc1cc2c([cH-]1)C=CC=CC2c1ccccc1.Cc1cc2c([cH-]1)C=CC=CC2c1ccccc1.[Cl-].[Cl-].[Zr+2]=[SiH]C(c1ccccc1)c1ccccc1. The summed E-state index contributed by atoms with van der Waals surface area (Å²) in [6.07, 6.45) is 18.0. The van der Waals surface area contributed by atoms with Crippen LogP contribution < -0.4 is 24.8 Å². The average Bonchev–Trinajstić information content (AvgIpc) is 3.56. The molecule has 2 unspecified atom stereocenters. The van der Waals surface area contributed by atoms with Crippen molar-refractivity contribution in [2.75, 3.05) is 0 Å². The first-order valence-corrected chi connectivity index (χ1v) is 22.6. The van der Waals surface area contributed by atoms with E-state index in [4.69, 9.17) is 0 Å². The van der Waals surface area contributed by atoms with Crippen molar-refractivity contribution in [2.24, 2.45) is 0 Å². The summed E-state index contributed by atoms with van der Waals surface area (Å²) in [4.78, 5) is 0. The van der Waals surface area contributed by atoms with Gasteiger partial charge in [0.25, 0.3) is 0 Å². The Morgan fingerprint density at radius 2 is 0.863 bits per heavy atom. The van der Waals surface area contributed by atoms with Gasteiger partial charge in [-0.15, -0.1) is 47.6 Å². The fourth-order valence-electron chi connectivity index (χ4n) is 6.71. The quantitative estimate of drug-likeness (QED) is 0.159. The van der Waals surface area contributed by atoms with Crippen LogP contribution in [-0.4, -0.2) is 6.16 Å². The Bertz CT molecular complexity index is 1910. The Morgan fingerprint density at radius 3 is 1.22 bits per heavy atom. The Hall–Kier alpha value is -3.78. The molecule has 0 amide bonds. The first-order chi connectivity index (χ1) is 24.1. The Morgan fingerprint density at radius 1 is 0.510 bits per heavy atom. The first-order valence-electron chi connectivity index (χ1n) is 17.1. The molecule has 4 heteroatoms. The van der Waals surface area contributed by atoms with Gasteiger partial charge in [-0.2, -0.15) is 34.4 Å². The number of rotatable bonds is 5. The maximum atomic E-state index is 2.30. The van der Waals surface area contributed by atoms with Crippen LogP contribution >= 0.6 is 0 Å². The molecule has 51 heavy (non-hydrogen) atoms. The zero-order valence-corrected chi connectivity index (χ0v) is 34.2. The summed E-state index contributed by atoms with van der Waals surface area (Å²) in [5.41, 5.74) is 14.5. The van der Waals surface area contributed by atoms with E-state index in [1.165, 1.54) is 55.6 Å². The second kappa shape index (κ2) is 20.3. The number of hydrogen-bond acceptors (Lipinski definition) is 0. The first kappa shape index (κ1) is 40.0. The van der Waals surface area contributed by atoms with Crippen molar-refractivity contribution in [3.05, 3.63) is 238 Å². The number of aryl methyl sites for hydroxylation is 2. The van der Waals surface area contributed by atoms with Gasteiger partial charge in [0.05, 0.1) is 0 Å². The molecule has 0 radical (unpaired) electrons. The van der Waals surface area contributed by atoms with E-state index in [-0.39, 0.29) is 24.8 Å².